The summed E-state index contributed by atoms with van der Waals surface area (Å²) in [4.78, 5) is 56.8. The highest BCUT2D eigenvalue weighted by molar-refractivity contribution is 8.00. The molecule has 1 aromatic heterocycles. The number of anilines is 1. The highest BCUT2D eigenvalue weighted by Gasteiger charge is 2.37. The smallest absolute Gasteiger partial charge is 0.329 e. The summed E-state index contributed by atoms with van der Waals surface area (Å²) in [5.74, 6) is -0.665. The predicted molar refractivity (Wildman–Crippen MR) is 245 cm³/mol. The number of carboxylic acids is 1. The van der Waals surface area contributed by atoms with E-state index in [1.165, 1.54) is 35.5 Å². The molecule has 0 unspecified atom stereocenters. The Bertz CT molecular complexity index is 1840. The van der Waals surface area contributed by atoms with Crippen LogP contribution in [0.5, 0.6) is 5.75 Å². The fraction of sp³-hybridized carbons (Fsp3) is 0.574. The molecule has 16 nitrogen and oxygen atoms in total. The first-order valence-electron chi connectivity index (χ1n) is 21.8. The summed E-state index contributed by atoms with van der Waals surface area (Å²) in [6.07, 6.45) is 8.77. The first kappa shape index (κ1) is 53.5. The number of aryl methyl sites for hydroxylation is 1. The molecule has 0 aliphatic heterocycles. The number of esters is 1. The molecule has 3 aromatic rings. The van der Waals surface area contributed by atoms with E-state index in [2.05, 4.69) is 63.4 Å². The van der Waals surface area contributed by atoms with Gasteiger partial charge >= 0.3 is 11.9 Å². The van der Waals surface area contributed by atoms with Crippen LogP contribution in [0, 0.1) is 10.8 Å². The Morgan fingerprint density at radius 3 is 1.86 bits per heavy atom. The van der Waals surface area contributed by atoms with Crippen LogP contribution >= 0.6 is 11.9 Å². The third-order valence-electron chi connectivity index (χ3n) is 9.42. The molecule has 2 aromatic carbocycles. The van der Waals surface area contributed by atoms with E-state index >= 15 is 0 Å². The van der Waals surface area contributed by atoms with Crippen LogP contribution in [0.3, 0.4) is 0 Å². The summed E-state index contributed by atoms with van der Waals surface area (Å²) >= 11 is 1.35. The molecule has 1 heterocycles. The van der Waals surface area contributed by atoms with Crippen LogP contribution in [0.2, 0.25) is 0 Å². The van der Waals surface area contributed by atoms with Gasteiger partial charge in [-0.1, -0.05) is 44.5 Å². The van der Waals surface area contributed by atoms with Crippen LogP contribution < -0.4 is 20.1 Å². The number of hydrogen-bond donors (Lipinski definition) is 4. The minimum Gasteiger partial charge on any atom is -0.493 e. The molecule has 0 atom stereocenters. The van der Waals surface area contributed by atoms with Crippen molar-refractivity contribution in [2.24, 2.45) is 10.8 Å². The zero-order valence-corrected chi connectivity index (χ0v) is 39.4. The number of benzene rings is 2. The van der Waals surface area contributed by atoms with Gasteiger partial charge < -0.3 is 44.2 Å². The van der Waals surface area contributed by atoms with E-state index < -0.39 is 17.0 Å². The first-order chi connectivity index (χ1) is 30.4. The Kier molecular flexibility index (Phi) is 23.6. The number of unbranched alkanes of at least 4 members (excludes halogenated alkanes) is 1. The summed E-state index contributed by atoms with van der Waals surface area (Å²) in [5.41, 5.74) is 1.90. The average Bonchev–Trinajstić information content (AvgIpc) is 3.23. The Morgan fingerprint density at radius 1 is 0.672 bits per heavy atom. The molecule has 0 fully saturated rings. The summed E-state index contributed by atoms with van der Waals surface area (Å²) in [5, 5.41) is 13.9. The van der Waals surface area contributed by atoms with Gasteiger partial charge in [-0.05, 0) is 113 Å². The van der Waals surface area contributed by atoms with Crippen LogP contribution in [-0.2, 0) is 50.9 Å². The van der Waals surface area contributed by atoms with Gasteiger partial charge in [-0.15, -0.1) is 0 Å². The van der Waals surface area contributed by atoms with Crippen LogP contribution in [0.1, 0.15) is 95.6 Å². The number of rotatable bonds is 32. The summed E-state index contributed by atoms with van der Waals surface area (Å²) in [6, 6.07) is 16.5. The largest absolute Gasteiger partial charge is 0.493 e. The second-order valence-electron chi connectivity index (χ2n) is 17.6. The Labute approximate surface area is 382 Å². The molecule has 4 N–H and O–H groups in total. The van der Waals surface area contributed by atoms with Gasteiger partial charge in [0.1, 0.15) is 24.6 Å². The number of aliphatic carboxylic acids is 1. The van der Waals surface area contributed by atoms with E-state index in [-0.39, 0.29) is 89.1 Å². The zero-order valence-electron chi connectivity index (χ0n) is 38.6. The molecule has 354 valence electrons. The van der Waals surface area contributed by atoms with Gasteiger partial charge in [-0.3, -0.25) is 19.1 Å². The maximum absolute atomic E-state index is 12.8. The van der Waals surface area contributed by atoms with Crippen LogP contribution in [0.25, 0.3) is 0 Å². The fourth-order valence-corrected chi connectivity index (χ4v) is 7.07. The van der Waals surface area contributed by atoms with Crippen molar-refractivity contribution in [2.75, 3.05) is 77.3 Å². The predicted octanol–water partition coefficient (Wildman–Crippen LogP) is 6.71. The van der Waals surface area contributed by atoms with Gasteiger partial charge in [0, 0.05) is 36.8 Å². The molecule has 0 aliphatic rings. The molecule has 0 bridgehead atoms. The molecule has 64 heavy (non-hydrogen) atoms. The number of carboxylic acid groups (broad SMARTS) is 1. The molecule has 0 spiro atoms. The number of ether oxygens (including phenoxy) is 6. The lowest BCUT2D eigenvalue weighted by atomic mass is 9.72. The molecule has 3 rings (SSSR count). The van der Waals surface area contributed by atoms with Gasteiger partial charge in [0.05, 0.1) is 57.2 Å². The van der Waals surface area contributed by atoms with Gasteiger partial charge in [0.2, 0.25) is 11.9 Å². The zero-order chi connectivity index (χ0) is 46.9. The molecule has 0 saturated carbocycles. The van der Waals surface area contributed by atoms with E-state index in [9.17, 15) is 19.2 Å². The summed E-state index contributed by atoms with van der Waals surface area (Å²) in [7, 11) is 0. The fourth-order valence-electron chi connectivity index (χ4n) is 6.49. The normalized spacial score (nSPS) is 11.8. The van der Waals surface area contributed by atoms with Gasteiger partial charge in [0.15, 0.2) is 0 Å². The summed E-state index contributed by atoms with van der Waals surface area (Å²) in [6.45, 7) is 16.2. The lowest BCUT2D eigenvalue weighted by Gasteiger charge is -2.35. The highest BCUT2D eigenvalue weighted by atomic mass is 32.2. The van der Waals surface area contributed by atoms with Crippen molar-refractivity contribution in [3.8, 4) is 5.75 Å². The maximum Gasteiger partial charge on any atom is 0.329 e. The van der Waals surface area contributed by atoms with Crippen molar-refractivity contribution in [3.05, 3.63) is 77.6 Å². The molecular weight excluding hydrogens is 843 g/mol. The van der Waals surface area contributed by atoms with E-state index in [1.54, 1.807) is 0 Å². The van der Waals surface area contributed by atoms with Crippen molar-refractivity contribution in [1.82, 2.24) is 20.6 Å². The SMILES string of the molecule is CC(C)(CCCCc1ccc(CCOc2ccc(SNc3ncc(C(=O)NCCOCCOCC(=O)NCCOCCOCC(=O)O)cn3)cc2)cc1)CC(C)(C)C(=O)OC(C)(C)C. The van der Waals surface area contributed by atoms with Crippen molar-refractivity contribution >= 4 is 41.6 Å². The number of nitrogens with one attached hydrogen (secondary N) is 3. The number of carbonyl (C=O) groups excluding carboxylic acids is 3. The number of nitrogens with zero attached hydrogens (tertiary/aromatic N) is 2. The third kappa shape index (κ3) is 23.8. The minimum atomic E-state index is -1.04. The van der Waals surface area contributed by atoms with E-state index in [4.69, 9.17) is 33.5 Å². The van der Waals surface area contributed by atoms with E-state index in [0.717, 1.165) is 49.2 Å². The number of aromatic nitrogens is 2. The standard InChI is InChI=1S/C47H69N5O11S/c1-45(2,3)63-43(57)47(6,7)34-46(4,5)20-9-8-10-35-11-13-36(14-12-35)19-23-62-38-15-17-39(18-16-38)64-52-44-50-30-37(31-51-44)42(56)49-22-25-59-26-28-60-32-40(53)48-21-24-58-27-29-61-33-41(54)55/h11-18,30-31H,8-10,19-29,32-34H2,1-7H3,(H,48,53)(H,49,56)(H,54,55)(H,50,51,52). The number of amides is 2. The van der Waals surface area contributed by atoms with E-state index in [1.807, 2.05) is 58.9 Å². The molecule has 0 saturated heterocycles. The monoisotopic (exact) mass is 911 g/mol. The van der Waals surface area contributed by atoms with Crippen LogP contribution in [-0.4, -0.2) is 117 Å². The highest BCUT2D eigenvalue weighted by Crippen LogP contribution is 2.39. The topological polar surface area (TPSA) is 206 Å². The van der Waals surface area contributed by atoms with Crippen molar-refractivity contribution in [2.45, 2.75) is 97.5 Å². The van der Waals surface area contributed by atoms with Crippen LogP contribution in [0.15, 0.2) is 65.8 Å². The Morgan fingerprint density at radius 2 is 1.25 bits per heavy atom. The molecule has 2 amide bonds. The Balaban J connectivity index is 1.21. The first-order valence-corrected chi connectivity index (χ1v) is 22.6. The summed E-state index contributed by atoms with van der Waals surface area (Å²) < 4.78 is 35.5. The van der Waals surface area contributed by atoms with Crippen molar-refractivity contribution < 1.29 is 52.7 Å². The third-order valence-corrected chi connectivity index (χ3v) is 10.2. The lowest BCUT2D eigenvalue weighted by molar-refractivity contribution is -0.167. The molecule has 0 radical (unpaired) electrons. The quantitative estimate of drug-likeness (QED) is 0.0292. The second kappa shape index (κ2) is 28.2. The molecular formula is C47H69N5O11S. The molecule has 17 heteroatoms. The second-order valence-corrected chi connectivity index (χ2v) is 18.5. The maximum atomic E-state index is 12.8. The lowest BCUT2D eigenvalue weighted by Crippen LogP contribution is -2.36. The Hall–Kier alpha value is -4.81. The molecule has 0 aliphatic carbocycles. The number of carbonyl (C=O) groups is 4. The van der Waals surface area contributed by atoms with Crippen molar-refractivity contribution in [1.29, 1.82) is 0 Å². The van der Waals surface area contributed by atoms with Crippen molar-refractivity contribution in [3.63, 3.8) is 0 Å². The number of hydrogen-bond acceptors (Lipinski definition) is 14. The van der Waals surface area contributed by atoms with E-state index in [0.29, 0.717) is 18.1 Å². The van der Waals surface area contributed by atoms with Gasteiger partial charge in [-0.25, -0.2) is 14.8 Å². The van der Waals surface area contributed by atoms with Gasteiger partial charge in [-0.2, -0.15) is 0 Å². The minimum absolute atomic E-state index is 0.0441. The average molecular weight is 912 g/mol. The van der Waals surface area contributed by atoms with Crippen LogP contribution in [0.4, 0.5) is 5.95 Å². The van der Waals surface area contributed by atoms with Gasteiger partial charge in [0.25, 0.3) is 5.91 Å².